The lowest BCUT2D eigenvalue weighted by Crippen LogP contribution is -2.41. The molecule has 442 valence electrons. The summed E-state index contributed by atoms with van der Waals surface area (Å²) in [5, 5.41) is 6.72. The van der Waals surface area contributed by atoms with Gasteiger partial charge in [0.15, 0.2) is 34.9 Å². The van der Waals surface area contributed by atoms with Crippen molar-refractivity contribution in [2.45, 2.75) is 38.9 Å². The van der Waals surface area contributed by atoms with Gasteiger partial charge in [-0.05, 0) is 63.0 Å². The van der Waals surface area contributed by atoms with Crippen LogP contribution in [0.4, 0.5) is 0 Å². The summed E-state index contributed by atoms with van der Waals surface area (Å²) in [6.45, 7) is 8.23. The van der Waals surface area contributed by atoms with Crippen molar-refractivity contribution >= 4 is 90.1 Å². The first kappa shape index (κ1) is 57.4. The third-order valence-corrected chi connectivity index (χ3v) is 17.3. The van der Waals surface area contributed by atoms with Crippen LogP contribution in [0.2, 0.25) is 5.02 Å². The molecule has 1 saturated heterocycles. The second-order valence-electron chi connectivity index (χ2n) is 23.4. The predicted molar refractivity (Wildman–Crippen MR) is 370 cm³/mol. The molecule has 0 radical (unpaired) electrons. The van der Waals surface area contributed by atoms with Crippen LogP contribution in [0, 0.1) is 0 Å². The third kappa shape index (κ3) is 11.1. The number of fused-ring (bicyclic) bond motifs is 8. The predicted octanol–water partition coefficient (Wildman–Crippen LogP) is 18.9. The smallest absolute Gasteiger partial charge is 0.438 e. The lowest BCUT2D eigenvalue weighted by Gasteiger charge is -2.32. The van der Waals surface area contributed by atoms with Gasteiger partial charge in [-0.3, -0.25) is 0 Å². The van der Waals surface area contributed by atoms with Crippen LogP contribution in [0.25, 0.3) is 145 Å². The second-order valence-corrected chi connectivity index (χ2v) is 23.7. The molecule has 0 atom stereocenters. The minimum atomic E-state index is -0.401. The average Bonchev–Trinajstić information content (AvgIpc) is 1.58. The van der Waals surface area contributed by atoms with Crippen LogP contribution >= 0.6 is 11.6 Å². The van der Waals surface area contributed by atoms with Gasteiger partial charge in [0.1, 0.15) is 11.2 Å². The Balaban J connectivity index is 0.000000123. The van der Waals surface area contributed by atoms with Crippen molar-refractivity contribution in [2.24, 2.45) is 0 Å². The monoisotopic (exact) mass is 1210 g/mol. The van der Waals surface area contributed by atoms with Gasteiger partial charge < -0.3 is 18.1 Å². The van der Waals surface area contributed by atoms with Crippen molar-refractivity contribution in [3.63, 3.8) is 0 Å². The van der Waals surface area contributed by atoms with E-state index in [0.29, 0.717) is 51.4 Å². The highest BCUT2D eigenvalue weighted by molar-refractivity contribution is 6.62. The van der Waals surface area contributed by atoms with Crippen LogP contribution in [-0.4, -0.2) is 58.2 Å². The summed E-state index contributed by atoms with van der Waals surface area (Å²) in [6, 6.07) is 88.5. The Labute approximate surface area is 535 Å². The van der Waals surface area contributed by atoms with E-state index in [2.05, 4.69) is 75.1 Å². The van der Waals surface area contributed by atoms with Gasteiger partial charge in [0.05, 0.1) is 38.0 Å². The van der Waals surface area contributed by atoms with Gasteiger partial charge in [-0.1, -0.05) is 254 Å². The maximum absolute atomic E-state index is 6.49. The van der Waals surface area contributed by atoms with Crippen molar-refractivity contribution in [3.05, 3.63) is 272 Å². The number of hydrogen-bond acceptors (Lipinski definition) is 12. The fourth-order valence-corrected chi connectivity index (χ4v) is 11.8. The summed E-state index contributed by atoms with van der Waals surface area (Å²) >= 11 is 6.49. The Hall–Kier alpha value is -11.1. The van der Waals surface area contributed by atoms with Gasteiger partial charge in [0.25, 0.3) is 0 Å². The normalized spacial score (nSPS) is 13.3. The molecule has 1 fully saturated rings. The fourth-order valence-electron chi connectivity index (χ4n) is 11.4. The molecule has 1 aliphatic rings. The third-order valence-electron chi connectivity index (χ3n) is 16.9. The molecular weight excluding hydrogens is 1160 g/mol. The largest absolute Gasteiger partial charge is 0.494 e. The molecule has 0 unspecified atom stereocenters. The van der Waals surface area contributed by atoms with Crippen LogP contribution in [-0.2, 0) is 9.31 Å². The van der Waals surface area contributed by atoms with E-state index in [-0.39, 0.29) is 11.2 Å². The number of para-hydroxylation sites is 4. The zero-order valence-electron chi connectivity index (χ0n) is 50.6. The quantitative estimate of drug-likeness (QED) is 0.133. The SMILES string of the molecule is CC1(C)OB(c2ccc(-c3nc(-c4ccccc4)nc(-c4ccccc4)n3)cc2)OC1(C)C.Clc1c2ccccc2nc2oc3ccccc3c12.c1ccc(-c2nc(-c3ccccc3)nc(-c3ccc(-c4c5ccccc5nc5oc6ccccc6c45)cc3)n2)cc1. The van der Waals surface area contributed by atoms with Crippen molar-refractivity contribution in [1.29, 1.82) is 0 Å². The van der Waals surface area contributed by atoms with E-state index in [1.165, 1.54) is 0 Å². The molecule has 6 aromatic heterocycles. The van der Waals surface area contributed by atoms with Crippen molar-refractivity contribution < 1.29 is 18.1 Å². The first-order chi connectivity index (χ1) is 45.0. The first-order valence-corrected chi connectivity index (χ1v) is 30.7. The highest BCUT2D eigenvalue weighted by Crippen LogP contribution is 2.42. The minimum Gasteiger partial charge on any atom is -0.438 e. The maximum atomic E-state index is 6.49. The molecule has 1 aliphatic heterocycles. The molecule has 16 aromatic rings. The van der Waals surface area contributed by atoms with Crippen molar-refractivity contribution in [1.82, 2.24) is 39.9 Å². The summed E-state index contributed by atoms with van der Waals surface area (Å²) in [4.78, 5) is 38.3. The molecule has 0 aliphatic carbocycles. The number of halogens is 1. The molecule has 92 heavy (non-hydrogen) atoms. The molecule has 0 N–H and O–H groups in total. The summed E-state index contributed by atoms with van der Waals surface area (Å²) in [6.07, 6.45) is 0. The summed E-state index contributed by atoms with van der Waals surface area (Å²) < 4.78 is 24.3. The van der Waals surface area contributed by atoms with Gasteiger partial charge in [-0.15, -0.1) is 0 Å². The Bertz CT molecular complexity index is 5240. The molecule has 0 bridgehead atoms. The number of benzene rings is 10. The Morgan fingerprint density at radius 2 is 0.598 bits per heavy atom. The van der Waals surface area contributed by atoms with E-state index < -0.39 is 7.12 Å². The number of nitrogens with zero attached hydrogens (tertiary/aromatic N) is 8. The maximum Gasteiger partial charge on any atom is 0.494 e. The van der Waals surface area contributed by atoms with Crippen molar-refractivity contribution in [2.75, 3.05) is 0 Å². The highest BCUT2D eigenvalue weighted by atomic mass is 35.5. The average molecular weight is 1220 g/mol. The molecule has 0 spiro atoms. The van der Waals surface area contributed by atoms with E-state index in [1.807, 2.05) is 224 Å². The van der Waals surface area contributed by atoms with Crippen molar-refractivity contribution in [3.8, 4) is 79.5 Å². The number of aromatic nitrogens is 8. The summed E-state index contributed by atoms with van der Waals surface area (Å²) in [5.74, 6) is 3.84. The lowest BCUT2D eigenvalue weighted by molar-refractivity contribution is 0.00578. The van der Waals surface area contributed by atoms with E-state index in [0.717, 1.165) is 104 Å². The van der Waals surface area contributed by atoms with Gasteiger partial charge in [0, 0.05) is 60.5 Å². The van der Waals surface area contributed by atoms with Gasteiger partial charge in [0.2, 0.25) is 11.4 Å². The first-order valence-electron chi connectivity index (χ1n) is 30.3. The Morgan fingerprint density at radius 3 is 1.02 bits per heavy atom. The van der Waals surface area contributed by atoms with Gasteiger partial charge in [-0.25, -0.2) is 39.9 Å². The zero-order valence-corrected chi connectivity index (χ0v) is 51.3. The van der Waals surface area contributed by atoms with Crippen LogP contribution in [0.1, 0.15) is 27.7 Å². The molecule has 12 nitrogen and oxygen atoms in total. The van der Waals surface area contributed by atoms with Gasteiger partial charge in [-0.2, -0.15) is 0 Å². The molecule has 14 heteroatoms. The molecule has 0 amide bonds. The molecule has 7 heterocycles. The Kier molecular flexibility index (Phi) is 15.0. The molecule has 10 aromatic carbocycles. The van der Waals surface area contributed by atoms with E-state index in [1.54, 1.807) is 0 Å². The molecule has 17 rings (SSSR count). The van der Waals surface area contributed by atoms with Crippen LogP contribution in [0.3, 0.4) is 0 Å². The second kappa shape index (κ2) is 24.0. The summed E-state index contributed by atoms with van der Waals surface area (Å²) in [7, 11) is -0.401. The topological polar surface area (TPSA) is 148 Å². The number of pyridine rings is 2. The zero-order chi connectivity index (χ0) is 62.3. The number of rotatable bonds is 8. The van der Waals surface area contributed by atoms with Crippen LogP contribution in [0.15, 0.2) is 276 Å². The van der Waals surface area contributed by atoms with Crippen LogP contribution < -0.4 is 5.46 Å². The molecule has 0 saturated carbocycles. The van der Waals surface area contributed by atoms with E-state index in [9.17, 15) is 0 Å². The lowest BCUT2D eigenvalue weighted by atomic mass is 9.79. The van der Waals surface area contributed by atoms with E-state index in [4.69, 9.17) is 64.6 Å². The number of hydrogen-bond donors (Lipinski definition) is 0. The van der Waals surface area contributed by atoms with Gasteiger partial charge >= 0.3 is 7.12 Å². The van der Waals surface area contributed by atoms with Crippen LogP contribution in [0.5, 0.6) is 0 Å². The Morgan fingerprint density at radius 1 is 0.293 bits per heavy atom. The highest BCUT2D eigenvalue weighted by Gasteiger charge is 2.51. The fraction of sp³-hybridized carbons (Fsp3) is 0.0769. The summed E-state index contributed by atoms with van der Waals surface area (Å²) in [5.41, 5.74) is 12.7. The standard InChI is InChI=1S/C36H22N4O.C27H26BN3O2.C15H8ClNO/c1-3-11-24(12-4-1)33-38-34(25-13-5-2-6-14-25)40-35(39-33)26-21-19-23(20-22-26)31-27-15-7-9-17-29(27)37-36-32(31)28-16-8-10-18-30(28)41-36;1-26(2)27(3,4)33-28(32-26)22-17-15-21(16-18-22)25-30-23(19-11-7-5-8-12-19)29-24(31-25)20-13-9-6-10-14-20;16-14-9-5-1-3-7-11(9)17-15-13(14)10-6-2-4-8-12(10)18-15/h1-22H;5-18H,1-4H3;1-8H. The molecular formula is C78H56BClN8O4. The van der Waals surface area contributed by atoms with E-state index >= 15 is 0 Å². The minimum absolute atomic E-state index is 0.375. The number of furan rings is 2.